The molecule has 4 N–H and O–H groups in total. The van der Waals surface area contributed by atoms with Gasteiger partial charge in [-0.25, -0.2) is 4.98 Å². The first-order chi connectivity index (χ1) is 17.5. The van der Waals surface area contributed by atoms with Crippen LogP contribution in [0.25, 0.3) is 33.5 Å². The summed E-state index contributed by atoms with van der Waals surface area (Å²) < 4.78 is 5.73. The van der Waals surface area contributed by atoms with E-state index in [9.17, 15) is 9.90 Å². The van der Waals surface area contributed by atoms with Crippen molar-refractivity contribution < 1.29 is 14.6 Å². The van der Waals surface area contributed by atoms with Gasteiger partial charge in [0.15, 0.2) is 0 Å². The van der Waals surface area contributed by atoms with E-state index in [1.54, 1.807) is 7.11 Å². The Hall–Kier alpha value is -3.78. The van der Waals surface area contributed by atoms with Crippen LogP contribution in [0, 0.1) is 5.92 Å². The minimum Gasteiger partial charge on any atom is -0.494 e. The molecule has 1 saturated carbocycles. The number of primary amides is 1. The van der Waals surface area contributed by atoms with E-state index in [-0.39, 0.29) is 11.8 Å². The highest BCUT2D eigenvalue weighted by atomic mass is 16.5. The van der Waals surface area contributed by atoms with Crippen LogP contribution in [-0.4, -0.2) is 44.4 Å². The van der Waals surface area contributed by atoms with Gasteiger partial charge in [0.05, 0.1) is 12.6 Å². The molecule has 0 saturated heterocycles. The van der Waals surface area contributed by atoms with Crippen LogP contribution in [-0.2, 0) is 17.6 Å². The fraction of sp³-hybridized carbons (Fsp3) is 0.357. The number of methoxy groups -OCH3 is 1. The molecule has 184 valence electrons. The first-order valence-electron chi connectivity index (χ1n) is 12.5. The molecule has 2 aliphatic carbocycles. The summed E-state index contributed by atoms with van der Waals surface area (Å²) in [6, 6.07) is 12.4. The predicted molar refractivity (Wildman–Crippen MR) is 136 cm³/mol. The fourth-order valence-corrected chi connectivity index (χ4v) is 5.91. The van der Waals surface area contributed by atoms with Gasteiger partial charge in [0.25, 0.3) is 0 Å². The lowest BCUT2D eigenvalue weighted by Crippen LogP contribution is -2.34. The summed E-state index contributed by atoms with van der Waals surface area (Å²) in [7, 11) is 1.67. The van der Waals surface area contributed by atoms with Gasteiger partial charge in [-0.1, -0.05) is 18.2 Å². The number of amides is 1. The van der Waals surface area contributed by atoms with Crippen LogP contribution in [0.3, 0.4) is 0 Å². The van der Waals surface area contributed by atoms with Crippen molar-refractivity contribution in [2.45, 2.75) is 50.5 Å². The number of hydrogen-bond acceptors (Lipinski definition) is 6. The zero-order chi connectivity index (χ0) is 24.8. The summed E-state index contributed by atoms with van der Waals surface area (Å²) in [5.41, 5.74) is 14.1. The van der Waals surface area contributed by atoms with Crippen molar-refractivity contribution in [3.05, 3.63) is 59.4 Å². The molecule has 3 aromatic heterocycles. The largest absolute Gasteiger partial charge is 0.494 e. The first-order valence-corrected chi connectivity index (χ1v) is 12.5. The number of aryl methyl sites for hydroxylation is 1. The second-order valence-electron chi connectivity index (χ2n) is 9.89. The molecule has 6 rings (SSSR count). The number of carbonyl (C=O) groups is 1. The number of aliphatic hydroxyl groups is 1. The molecule has 1 aromatic carbocycles. The Morgan fingerprint density at radius 1 is 1.19 bits per heavy atom. The van der Waals surface area contributed by atoms with E-state index in [4.69, 9.17) is 20.4 Å². The molecule has 2 aliphatic rings. The molecule has 0 spiro atoms. The SMILES string of the molecule is COc1cc2[nH]nc(-c3ccc(C4CCC(C(O)C(N)=O)C4)nc3)c2nc1-c1cccc2c1CCC2. The zero-order valence-corrected chi connectivity index (χ0v) is 20.2. The molecule has 3 heterocycles. The predicted octanol–water partition coefficient (Wildman–Crippen LogP) is 3.91. The molecule has 1 fully saturated rings. The Morgan fingerprint density at radius 2 is 2.08 bits per heavy atom. The van der Waals surface area contributed by atoms with E-state index in [1.807, 2.05) is 24.4 Å². The zero-order valence-electron chi connectivity index (χ0n) is 20.2. The lowest BCUT2D eigenvalue weighted by atomic mass is 9.96. The van der Waals surface area contributed by atoms with E-state index in [2.05, 4.69) is 28.4 Å². The number of fused-ring (bicyclic) bond motifs is 2. The molecule has 36 heavy (non-hydrogen) atoms. The highest BCUT2D eigenvalue weighted by Crippen LogP contribution is 2.41. The Labute approximate surface area is 208 Å². The molecule has 0 bridgehead atoms. The summed E-state index contributed by atoms with van der Waals surface area (Å²) in [6.07, 6.45) is 6.39. The average Bonchev–Trinajstić information content (AvgIpc) is 3.66. The number of aromatic nitrogens is 4. The number of benzene rings is 1. The summed E-state index contributed by atoms with van der Waals surface area (Å²) in [6.45, 7) is 0. The Balaban J connectivity index is 1.33. The van der Waals surface area contributed by atoms with Crippen molar-refractivity contribution in [1.29, 1.82) is 0 Å². The van der Waals surface area contributed by atoms with Crippen LogP contribution in [0.2, 0.25) is 0 Å². The van der Waals surface area contributed by atoms with Crippen molar-refractivity contribution in [2.75, 3.05) is 7.11 Å². The number of hydrogen-bond donors (Lipinski definition) is 3. The van der Waals surface area contributed by atoms with E-state index in [0.29, 0.717) is 6.42 Å². The Bertz CT molecular complexity index is 1450. The van der Waals surface area contributed by atoms with Gasteiger partial charge in [0.1, 0.15) is 28.8 Å². The number of nitrogens with one attached hydrogen (secondary N) is 1. The maximum Gasteiger partial charge on any atom is 0.246 e. The lowest BCUT2D eigenvalue weighted by molar-refractivity contribution is -0.128. The van der Waals surface area contributed by atoms with Gasteiger partial charge in [-0.2, -0.15) is 5.10 Å². The molecule has 4 aromatic rings. The highest BCUT2D eigenvalue weighted by Gasteiger charge is 2.34. The monoisotopic (exact) mass is 483 g/mol. The molecule has 3 atom stereocenters. The van der Waals surface area contributed by atoms with Gasteiger partial charge in [-0.3, -0.25) is 14.9 Å². The summed E-state index contributed by atoms with van der Waals surface area (Å²) in [5.74, 6) is 0.156. The third kappa shape index (κ3) is 3.82. The summed E-state index contributed by atoms with van der Waals surface area (Å²) >= 11 is 0. The van der Waals surface area contributed by atoms with Gasteiger partial charge >= 0.3 is 0 Å². The molecular formula is C28H29N5O3. The van der Waals surface area contributed by atoms with Crippen molar-refractivity contribution in [3.8, 4) is 28.3 Å². The van der Waals surface area contributed by atoms with Crippen molar-refractivity contribution in [3.63, 3.8) is 0 Å². The number of nitrogens with two attached hydrogens (primary N) is 1. The van der Waals surface area contributed by atoms with E-state index < -0.39 is 12.0 Å². The molecule has 0 radical (unpaired) electrons. The van der Waals surface area contributed by atoms with Crippen molar-refractivity contribution in [2.24, 2.45) is 11.7 Å². The minimum atomic E-state index is -1.09. The van der Waals surface area contributed by atoms with Crippen LogP contribution in [0.4, 0.5) is 0 Å². The minimum absolute atomic E-state index is 0.110. The average molecular weight is 484 g/mol. The molecule has 3 unspecified atom stereocenters. The van der Waals surface area contributed by atoms with E-state index >= 15 is 0 Å². The number of carbonyl (C=O) groups excluding carboxylic acids is 1. The summed E-state index contributed by atoms with van der Waals surface area (Å²) in [5, 5.41) is 17.7. The van der Waals surface area contributed by atoms with Crippen LogP contribution in [0.1, 0.15) is 48.4 Å². The maximum absolute atomic E-state index is 11.4. The second-order valence-corrected chi connectivity index (χ2v) is 9.89. The number of pyridine rings is 2. The van der Waals surface area contributed by atoms with Gasteiger partial charge in [0.2, 0.25) is 5.91 Å². The number of rotatable bonds is 6. The van der Waals surface area contributed by atoms with Gasteiger partial charge < -0.3 is 15.6 Å². The number of aromatic amines is 1. The molecule has 0 aliphatic heterocycles. The topological polar surface area (TPSA) is 127 Å². The standard InChI is InChI=1S/C28H29N5O3/c1-36-23-13-22-26(31-25(23)20-7-3-5-15-4-2-6-19(15)20)24(33-32-22)18-10-11-21(30-14-18)16-8-9-17(12-16)27(34)28(29)35/h3,5,7,10-11,13-14,16-17,27,34H,2,4,6,8-9,12H2,1H3,(H2,29,35)(H,32,33). The first kappa shape index (κ1) is 22.7. The number of nitrogens with zero attached hydrogens (tertiary/aromatic N) is 3. The smallest absolute Gasteiger partial charge is 0.246 e. The highest BCUT2D eigenvalue weighted by molar-refractivity contribution is 5.93. The van der Waals surface area contributed by atoms with Crippen LogP contribution >= 0.6 is 0 Å². The Kier molecular flexibility index (Phi) is 5.68. The molecule has 1 amide bonds. The number of ether oxygens (including phenoxy) is 1. The third-order valence-electron chi connectivity index (χ3n) is 7.81. The van der Waals surface area contributed by atoms with Gasteiger partial charge in [0, 0.05) is 35.0 Å². The van der Waals surface area contributed by atoms with Crippen molar-refractivity contribution >= 4 is 16.9 Å². The second kappa shape index (κ2) is 9.02. The normalized spacial score (nSPS) is 19.9. The van der Waals surface area contributed by atoms with Crippen LogP contribution < -0.4 is 10.5 Å². The molecular weight excluding hydrogens is 454 g/mol. The fourth-order valence-electron chi connectivity index (χ4n) is 5.91. The van der Waals surface area contributed by atoms with E-state index in [0.717, 1.165) is 77.1 Å². The van der Waals surface area contributed by atoms with Gasteiger partial charge in [-0.05, 0) is 67.7 Å². The number of H-pyrrole nitrogens is 1. The van der Waals surface area contributed by atoms with Crippen molar-refractivity contribution in [1.82, 2.24) is 20.2 Å². The van der Waals surface area contributed by atoms with Crippen LogP contribution in [0.5, 0.6) is 5.75 Å². The maximum atomic E-state index is 11.4. The lowest BCUT2D eigenvalue weighted by Gasteiger charge is -2.15. The Morgan fingerprint density at radius 3 is 2.86 bits per heavy atom. The quantitative estimate of drug-likeness (QED) is 0.382. The van der Waals surface area contributed by atoms with Gasteiger partial charge in [-0.15, -0.1) is 0 Å². The number of aliphatic hydroxyl groups excluding tert-OH is 1. The van der Waals surface area contributed by atoms with Crippen LogP contribution in [0.15, 0.2) is 42.6 Å². The molecule has 8 nitrogen and oxygen atoms in total. The molecule has 8 heteroatoms. The summed E-state index contributed by atoms with van der Waals surface area (Å²) in [4.78, 5) is 21.1. The van der Waals surface area contributed by atoms with E-state index in [1.165, 1.54) is 11.1 Å². The third-order valence-corrected chi connectivity index (χ3v) is 7.81.